The van der Waals surface area contributed by atoms with Crippen molar-refractivity contribution in [1.29, 1.82) is 0 Å². The van der Waals surface area contributed by atoms with E-state index in [4.69, 9.17) is 14.2 Å². The molecule has 1 saturated heterocycles. The zero-order valence-electron chi connectivity index (χ0n) is 13.6. The molecule has 0 unspecified atom stereocenters. The van der Waals surface area contributed by atoms with E-state index in [9.17, 15) is 4.79 Å². The summed E-state index contributed by atoms with van der Waals surface area (Å²) in [7, 11) is 3.27. The fourth-order valence-electron chi connectivity index (χ4n) is 2.89. The maximum atomic E-state index is 11.9. The summed E-state index contributed by atoms with van der Waals surface area (Å²) >= 11 is 0. The molecule has 0 bridgehead atoms. The van der Waals surface area contributed by atoms with Gasteiger partial charge in [0.25, 0.3) is 0 Å². The molecule has 0 spiro atoms. The molecule has 1 aromatic carbocycles. The van der Waals surface area contributed by atoms with Crippen molar-refractivity contribution in [3.8, 4) is 11.5 Å². The third-order valence-corrected chi connectivity index (χ3v) is 3.98. The number of benzene rings is 1. The molecule has 1 aliphatic heterocycles. The van der Waals surface area contributed by atoms with E-state index in [0.29, 0.717) is 6.61 Å². The van der Waals surface area contributed by atoms with Gasteiger partial charge in [0.05, 0.1) is 26.7 Å². The first-order valence-corrected chi connectivity index (χ1v) is 7.77. The highest BCUT2D eigenvalue weighted by atomic mass is 16.5. The number of ether oxygens (including phenoxy) is 3. The number of carbonyl (C=O) groups is 1. The topological polar surface area (TPSA) is 48.0 Å². The van der Waals surface area contributed by atoms with E-state index >= 15 is 0 Å². The predicted octanol–water partition coefficient (Wildman–Crippen LogP) is 2.48. The molecule has 2 rings (SSSR count). The normalized spacial score (nSPS) is 18.8. The Balaban J connectivity index is 1.99. The average Bonchev–Trinajstić information content (AvgIpc) is 2.55. The van der Waals surface area contributed by atoms with E-state index < -0.39 is 0 Å². The number of hydrogen-bond donors (Lipinski definition) is 0. The Bertz CT molecular complexity index is 503. The molecule has 1 aromatic rings. The molecule has 5 nitrogen and oxygen atoms in total. The van der Waals surface area contributed by atoms with Gasteiger partial charge in [0.2, 0.25) is 0 Å². The van der Waals surface area contributed by atoms with Crippen molar-refractivity contribution < 1.29 is 19.0 Å². The Labute approximate surface area is 132 Å². The lowest BCUT2D eigenvalue weighted by Crippen LogP contribution is -2.38. The van der Waals surface area contributed by atoms with Gasteiger partial charge in [-0.2, -0.15) is 0 Å². The van der Waals surface area contributed by atoms with Gasteiger partial charge in [-0.3, -0.25) is 9.69 Å². The minimum atomic E-state index is -0.0699. The molecule has 1 aliphatic rings. The van der Waals surface area contributed by atoms with Crippen LogP contribution in [0.25, 0.3) is 0 Å². The summed E-state index contributed by atoms with van der Waals surface area (Å²) in [6, 6.07) is 5.95. The van der Waals surface area contributed by atoms with E-state index in [0.717, 1.165) is 49.5 Å². The van der Waals surface area contributed by atoms with Crippen LogP contribution in [0.1, 0.15) is 25.3 Å². The third kappa shape index (κ3) is 4.13. The minimum absolute atomic E-state index is 0.00570. The second-order valence-electron chi connectivity index (χ2n) is 5.52. The van der Waals surface area contributed by atoms with Crippen LogP contribution in [-0.2, 0) is 16.1 Å². The molecule has 1 atom stereocenters. The van der Waals surface area contributed by atoms with Crippen molar-refractivity contribution in [1.82, 2.24) is 4.90 Å². The molecule has 0 amide bonds. The molecule has 5 heteroatoms. The molecule has 0 aliphatic carbocycles. The van der Waals surface area contributed by atoms with Gasteiger partial charge in [0.1, 0.15) is 0 Å². The van der Waals surface area contributed by atoms with Crippen molar-refractivity contribution >= 4 is 5.97 Å². The second kappa shape index (κ2) is 8.03. The first-order chi connectivity index (χ1) is 10.7. The lowest BCUT2D eigenvalue weighted by molar-refractivity contribution is -0.150. The molecule has 122 valence electrons. The van der Waals surface area contributed by atoms with Gasteiger partial charge in [-0.25, -0.2) is 0 Å². The number of piperidine rings is 1. The molecular formula is C17H25NO4. The van der Waals surface area contributed by atoms with Crippen LogP contribution >= 0.6 is 0 Å². The van der Waals surface area contributed by atoms with E-state index in [1.165, 1.54) is 0 Å². The molecule has 0 N–H and O–H groups in total. The van der Waals surface area contributed by atoms with Crippen molar-refractivity contribution in [3.05, 3.63) is 23.8 Å². The minimum Gasteiger partial charge on any atom is -0.493 e. The van der Waals surface area contributed by atoms with Gasteiger partial charge in [0, 0.05) is 13.1 Å². The maximum Gasteiger partial charge on any atom is 0.310 e. The number of carbonyl (C=O) groups excluding carboxylic acids is 1. The summed E-state index contributed by atoms with van der Waals surface area (Å²) < 4.78 is 15.7. The van der Waals surface area contributed by atoms with E-state index in [1.807, 2.05) is 25.1 Å². The van der Waals surface area contributed by atoms with Crippen molar-refractivity contribution in [2.45, 2.75) is 26.3 Å². The van der Waals surface area contributed by atoms with Crippen LogP contribution < -0.4 is 9.47 Å². The van der Waals surface area contributed by atoms with Gasteiger partial charge in [-0.15, -0.1) is 0 Å². The highest BCUT2D eigenvalue weighted by Crippen LogP contribution is 2.28. The van der Waals surface area contributed by atoms with Gasteiger partial charge in [0.15, 0.2) is 11.5 Å². The fraction of sp³-hybridized carbons (Fsp3) is 0.588. The average molecular weight is 307 g/mol. The summed E-state index contributed by atoms with van der Waals surface area (Å²) in [6.07, 6.45) is 1.94. The van der Waals surface area contributed by atoms with Crippen LogP contribution in [-0.4, -0.2) is 44.8 Å². The quantitative estimate of drug-likeness (QED) is 0.756. The van der Waals surface area contributed by atoms with Gasteiger partial charge in [-0.1, -0.05) is 6.07 Å². The summed E-state index contributed by atoms with van der Waals surface area (Å²) in [6.45, 7) is 4.86. The van der Waals surface area contributed by atoms with Gasteiger partial charge in [-0.05, 0) is 44.0 Å². The zero-order valence-corrected chi connectivity index (χ0v) is 13.6. The number of likely N-dealkylation sites (tertiary alicyclic amines) is 1. The Morgan fingerprint density at radius 3 is 2.73 bits per heavy atom. The second-order valence-corrected chi connectivity index (χ2v) is 5.52. The van der Waals surface area contributed by atoms with E-state index in [2.05, 4.69) is 4.90 Å². The lowest BCUT2D eigenvalue weighted by Gasteiger charge is -2.31. The molecule has 0 radical (unpaired) electrons. The Hall–Kier alpha value is -1.75. The van der Waals surface area contributed by atoms with E-state index in [1.54, 1.807) is 14.2 Å². The molecule has 1 fully saturated rings. The fourth-order valence-corrected chi connectivity index (χ4v) is 2.89. The summed E-state index contributed by atoms with van der Waals surface area (Å²) in [5.74, 6) is 1.39. The number of hydrogen-bond acceptors (Lipinski definition) is 5. The van der Waals surface area contributed by atoms with Gasteiger partial charge < -0.3 is 14.2 Å². The summed E-state index contributed by atoms with van der Waals surface area (Å²) in [5, 5.41) is 0. The number of nitrogens with zero attached hydrogens (tertiary/aromatic N) is 1. The smallest absolute Gasteiger partial charge is 0.310 e. The predicted molar refractivity (Wildman–Crippen MR) is 84.2 cm³/mol. The molecule has 1 heterocycles. The van der Waals surface area contributed by atoms with Crippen LogP contribution in [0.5, 0.6) is 11.5 Å². The Morgan fingerprint density at radius 2 is 2.05 bits per heavy atom. The molecule has 0 saturated carbocycles. The largest absolute Gasteiger partial charge is 0.493 e. The SMILES string of the molecule is CCOC(=O)[C@H]1CCCN(Cc2ccc(OC)c(OC)c2)C1. The first-order valence-electron chi connectivity index (χ1n) is 7.77. The van der Waals surface area contributed by atoms with Crippen molar-refractivity contribution in [3.63, 3.8) is 0 Å². The van der Waals surface area contributed by atoms with Crippen molar-refractivity contribution in [2.75, 3.05) is 33.9 Å². The van der Waals surface area contributed by atoms with E-state index in [-0.39, 0.29) is 11.9 Å². The highest BCUT2D eigenvalue weighted by Gasteiger charge is 2.26. The highest BCUT2D eigenvalue weighted by molar-refractivity contribution is 5.72. The number of esters is 1. The monoisotopic (exact) mass is 307 g/mol. The molecule has 22 heavy (non-hydrogen) atoms. The lowest BCUT2D eigenvalue weighted by atomic mass is 9.97. The van der Waals surface area contributed by atoms with Crippen LogP contribution in [0.2, 0.25) is 0 Å². The first kappa shape index (κ1) is 16.6. The van der Waals surface area contributed by atoms with Crippen LogP contribution in [0, 0.1) is 5.92 Å². The zero-order chi connectivity index (χ0) is 15.9. The summed E-state index contributed by atoms with van der Waals surface area (Å²) in [5.41, 5.74) is 1.15. The summed E-state index contributed by atoms with van der Waals surface area (Å²) in [4.78, 5) is 14.2. The third-order valence-electron chi connectivity index (χ3n) is 3.98. The van der Waals surface area contributed by atoms with Crippen LogP contribution in [0.3, 0.4) is 0 Å². The molecule has 0 aromatic heterocycles. The van der Waals surface area contributed by atoms with Gasteiger partial charge >= 0.3 is 5.97 Å². The Morgan fingerprint density at radius 1 is 1.27 bits per heavy atom. The number of methoxy groups -OCH3 is 2. The van der Waals surface area contributed by atoms with Crippen LogP contribution in [0.15, 0.2) is 18.2 Å². The maximum absolute atomic E-state index is 11.9. The molecular weight excluding hydrogens is 282 g/mol. The Kier molecular flexibility index (Phi) is 6.07. The van der Waals surface area contributed by atoms with Crippen LogP contribution in [0.4, 0.5) is 0 Å². The number of rotatable bonds is 6. The van der Waals surface area contributed by atoms with Crippen molar-refractivity contribution in [2.24, 2.45) is 5.92 Å². The standard InChI is InChI=1S/C17H25NO4/c1-4-22-17(19)14-6-5-9-18(12-14)11-13-7-8-15(20-2)16(10-13)21-3/h7-8,10,14H,4-6,9,11-12H2,1-3H3/t14-/m0/s1.